The van der Waals surface area contributed by atoms with Crippen molar-refractivity contribution >= 4 is 17.0 Å². The van der Waals surface area contributed by atoms with Crippen LogP contribution < -0.4 is 15.4 Å². The Morgan fingerprint density at radius 2 is 2.03 bits per heavy atom. The number of furan rings is 1. The standard InChI is InChI=1S/C28H30N6O4/c1-16-14-30-21-12-24(26-23(36-4)11-17(15-31-26)28(35)34(2)3)38-27(21)25(16)20-6-5-19(22(13-29)33-20)32-18-7-9-37-10-8-18/h5-6,11-12,14-15,18,20,32-33H,7-10H2,1-4H3. The van der Waals surface area contributed by atoms with Crippen molar-refractivity contribution in [2.24, 2.45) is 0 Å². The van der Waals surface area contributed by atoms with Gasteiger partial charge in [0.1, 0.15) is 28.7 Å². The number of pyridine rings is 2. The Morgan fingerprint density at radius 1 is 1.24 bits per heavy atom. The molecular formula is C28H30N6O4. The molecule has 5 heterocycles. The van der Waals surface area contributed by atoms with Crippen molar-refractivity contribution in [3.63, 3.8) is 0 Å². The van der Waals surface area contributed by atoms with Crippen molar-refractivity contribution in [2.45, 2.75) is 31.8 Å². The largest absolute Gasteiger partial charge is 0.494 e. The maximum Gasteiger partial charge on any atom is 0.255 e. The zero-order valence-electron chi connectivity index (χ0n) is 21.9. The molecule has 1 amide bonds. The Kier molecular flexibility index (Phi) is 7.03. The molecule has 1 atom stereocenters. The van der Waals surface area contributed by atoms with Gasteiger partial charge in [-0.25, -0.2) is 4.98 Å². The van der Waals surface area contributed by atoms with E-state index < -0.39 is 0 Å². The van der Waals surface area contributed by atoms with Gasteiger partial charge in [0.25, 0.3) is 5.91 Å². The minimum absolute atomic E-state index is 0.172. The van der Waals surface area contributed by atoms with E-state index >= 15 is 0 Å². The molecule has 10 nitrogen and oxygen atoms in total. The van der Waals surface area contributed by atoms with Crippen LogP contribution in [0, 0.1) is 18.3 Å². The molecule has 1 fully saturated rings. The molecule has 38 heavy (non-hydrogen) atoms. The summed E-state index contributed by atoms with van der Waals surface area (Å²) >= 11 is 0. The first-order valence-electron chi connectivity index (χ1n) is 12.5. The molecule has 1 unspecified atom stereocenters. The normalized spacial score (nSPS) is 17.7. The van der Waals surface area contributed by atoms with E-state index in [1.165, 1.54) is 18.2 Å². The molecule has 2 aliphatic heterocycles. The van der Waals surface area contributed by atoms with Gasteiger partial charge in [-0.15, -0.1) is 0 Å². The van der Waals surface area contributed by atoms with Gasteiger partial charge in [0.2, 0.25) is 0 Å². The van der Waals surface area contributed by atoms with Crippen molar-refractivity contribution in [3.8, 4) is 23.3 Å². The molecule has 2 N–H and O–H groups in total. The molecule has 0 aliphatic carbocycles. The van der Waals surface area contributed by atoms with E-state index in [9.17, 15) is 10.1 Å². The summed E-state index contributed by atoms with van der Waals surface area (Å²) in [7, 11) is 4.89. The molecule has 0 bridgehead atoms. The van der Waals surface area contributed by atoms with Crippen molar-refractivity contribution < 1.29 is 18.7 Å². The molecule has 0 spiro atoms. The molecule has 0 radical (unpaired) electrons. The summed E-state index contributed by atoms with van der Waals surface area (Å²) in [5.41, 5.74) is 5.19. The van der Waals surface area contributed by atoms with Crippen LogP contribution in [0.3, 0.4) is 0 Å². The summed E-state index contributed by atoms with van der Waals surface area (Å²) in [6.45, 7) is 3.40. The van der Waals surface area contributed by atoms with Crippen molar-refractivity contribution in [2.75, 3.05) is 34.4 Å². The lowest BCUT2D eigenvalue weighted by Gasteiger charge is -2.28. The van der Waals surface area contributed by atoms with E-state index in [4.69, 9.17) is 13.9 Å². The summed E-state index contributed by atoms with van der Waals surface area (Å²) in [5, 5.41) is 16.7. The first-order chi connectivity index (χ1) is 18.4. The number of fused-ring (bicyclic) bond motifs is 1. The number of nitrogens with zero attached hydrogens (tertiary/aromatic N) is 4. The third-order valence-corrected chi connectivity index (χ3v) is 6.77. The summed E-state index contributed by atoms with van der Waals surface area (Å²) in [4.78, 5) is 22.9. The molecule has 5 rings (SSSR count). The van der Waals surface area contributed by atoms with E-state index in [0.29, 0.717) is 39.6 Å². The molecule has 1 saturated heterocycles. The summed E-state index contributed by atoms with van der Waals surface area (Å²) < 4.78 is 17.3. The second-order valence-corrected chi connectivity index (χ2v) is 9.57. The van der Waals surface area contributed by atoms with Gasteiger partial charge in [0.15, 0.2) is 11.3 Å². The Bertz CT molecular complexity index is 1480. The van der Waals surface area contributed by atoms with E-state index in [-0.39, 0.29) is 18.0 Å². The number of aryl methyl sites for hydroxylation is 1. The van der Waals surface area contributed by atoms with Crippen molar-refractivity contribution in [1.29, 1.82) is 5.26 Å². The third kappa shape index (κ3) is 4.80. The van der Waals surface area contributed by atoms with Crippen molar-refractivity contribution in [3.05, 3.63) is 64.8 Å². The predicted molar refractivity (Wildman–Crippen MR) is 141 cm³/mol. The molecule has 10 heteroatoms. The molecular weight excluding hydrogens is 484 g/mol. The van der Waals surface area contributed by atoms with Crippen LogP contribution in [0.25, 0.3) is 22.6 Å². The molecule has 2 aliphatic rings. The maximum atomic E-state index is 12.4. The zero-order chi connectivity index (χ0) is 26.8. The number of dihydropyridines is 1. The fourth-order valence-corrected chi connectivity index (χ4v) is 4.75. The van der Waals surface area contributed by atoms with E-state index in [0.717, 1.165) is 42.9 Å². The van der Waals surface area contributed by atoms with Gasteiger partial charge in [0.05, 0.1) is 24.4 Å². The summed E-state index contributed by atoms with van der Waals surface area (Å²) in [6.07, 6.45) is 9.08. The van der Waals surface area contributed by atoms with Crippen LogP contribution in [0.4, 0.5) is 0 Å². The number of amides is 1. The van der Waals surface area contributed by atoms with E-state index in [2.05, 4.69) is 26.7 Å². The average molecular weight is 515 g/mol. The number of methoxy groups -OCH3 is 1. The Hall–Kier alpha value is -4.36. The first kappa shape index (κ1) is 25.3. The van der Waals surface area contributed by atoms with Crippen LogP contribution in [0.2, 0.25) is 0 Å². The van der Waals surface area contributed by atoms with Gasteiger partial charge in [0, 0.05) is 57.4 Å². The van der Waals surface area contributed by atoms with Crippen LogP contribution in [0.1, 0.15) is 40.4 Å². The number of nitrogens with one attached hydrogen (secondary N) is 2. The van der Waals surface area contributed by atoms with Crippen LogP contribution in [0.5, 0.6) is 5.75 Å². The van der Waals surface area contributed by atoms with Crippen LogP contribution >= 0.6 is 0 Å². The molecule has 0 aromatic carbocycles. The fourth-order valence-electron chi connectivity index (χ4n) is 4.75. The SMILES string of the molecule is COc1cc(C(=O)N(C)C)cnc1-c1cc2ncc(C)c(C3C=CC(NC4CCOCC4)=C(C#N)N3)c2o1. The van der Waals surface area contributed by atoms with E-state index in [1.54, 1.807) is 26.4 Å². The van der Waals surface area contributed by atoms with Gasteiger partial charge in [-0.1, -0.05) is 6.08 Å². The van der Waals surface area contributed by atoms with Gasteiger partial charge >= 0.3 is 0 Å². The van der Waals surface area contributed by atoms with Gasteiger partial charge < -0.3 is 29.4 Å². The molecule has 196 valence electrons. The molecule has 0 saturated carbocycles. The topological polar surface area (TPSA) is 126 Å². The number of hydrogen-bond donors (Lipinski definition) is 2. The number of aromatic nitrogens is 2. The lowest BCUT2D eigenvalue weighted by molar-refractivity contribution is 0.0805. The highest BCUT2D eigenvalue weighted by atomic mass is 16.5. The number of hydrogen-bond acceptors (Lipinski definition) is 9. The predicted octanol–water partition coefficient (Wildman–Crippen LogP) is 3.61. The van der Waals surface area contributed by atoms with Crippen LogP contribution in [-0.2, 0) is 4.74 Å². The Morgan fingerprint density at radius 3 is 2.74 bits per heavy atom. The molecule has 3 aromatic heterocycles. The highest BCUT2D eigenvalue weighted by Gasteiger charge is 2.26. The first-order valence-corrected chi connectivity index (χ1v) is 12.5. The highest BCUT2D eigenvalue weighted by Crippen LogP contribution is 2.37. The lowest BCUT2D eigenvalue weighted by atomic mass is 9.98. The number of ether oxygens (including phenoxy) is 2. The van der Waals surface area contributed by atoms with Crippen LogP contribution in [-0.4, -0.2) is 61.2 Å². The molecule has 3 aromatic rings. The number of rotatable bonds is 6. The number of carbonyl (C=O) groups is 1. The zero-order valence-corrected chi connectivity index (χ0v) is 21.9. The summed E-state index contributed by atoms with van der Waals surface area (Å²) in [6, 6.07) is 5.74. The second kappa shape index (κ2) is 10.6. The quantitative estimate of drug-likeness (QED) is 0.507. The monoisotopic (exact) mass is 514 g/mol. The number of carbonyl (C=O) groups excluding carboxylic acids is 1. The van der Waals surface area contributed by atoms with Crippen molar-refractivity contribution in [1.82, 2.24) is 25.5 Å². The minimum Gasteiger partial charge on any atom is -0.494 e. The van der Waals surface area contributed by atoms with E-state index in [1.807, 2.05) is 25.1 Å². The highest BCUT2D eigenvalue weighted by molar-refractivity contribution is 5.94. The van der Waals surface area contributed by atoms with Crippen LogP contribution in [0.15, 0.2) is 52.5 Å². The fraction of sp³-hybridized carbons (Fsp3) is 0.357. The summed E-state index contributed by atoms with van der Waals surface area (Å²) in [5.74, 6) is 0.718. The lowest BCUT2D eigenvalue weighted by Crippen LogP contribution is -2.37. The number of allylic oxidation sites excluding steroid dienone is 2. The van der Waals surface area contributed by atoms with Gasteiger partial charge in [-0.05, 0) is 37.5 Å². The maximum absolute atomic E-state index is 12.4. The average Bonchev–Trinajstić information content (AvgIpc) is 3.37. The Balaban J connectivity index is 1.48. The second-order valence-electron chi connectivity index (χ2n) is 9.57. The Labute approximate surface area is 220 Å². The third-order valence-electron chi connectivity index (χ3n) is 6.77. The number of nitriles is 1. The smallest absolute Gasteiger partial charge is 0.255 e. The van der Waals surface area contributed by atoms with Gasteiger partial charge in [-0.3, -0.25) is 9.78 Å². The minimum atomic E-state index is -0.288. The van der Waals surface area contributed by atoms with Gasteiger partial charge in [-0.2, -0.15) is 5.26 Å².